The van der Waals surface area contributed by atoms with Crippen LogP contribution in [0.25, 0.3) is 0 Å². The molecule has 0 spiro atoms. The largest absolute Gasteiger partial charge is 0.324 e. The van der Waals surface area contributed by atoms with E-state index in [9.17, 15) is 0 Å². The first kappa shape index (κ1) is 14.2. The summed E-state index contributed by atoms with van der Waals surface area (Å²) >= 11 is 0. The van der Waals surface area contributed by atoms with Gasteiger partial charge in [-0.2, -0.15) is 0 Å². The highest BCUT2D eigenvalue weighted by Crippen LogP contribution is 2.32. The van der Waals surface area contributed by atoms with Crippen LogP contribution in [0.3, 0.4) is 0 Å². The van der Waals surface area contributed by atoms with E-state index in [0.717, 1.165) is 12.8 Å². The molecule has 0 aromatic heterocycles. The molecule has 1 heteroatoms. The molecular formula is C16H27N. The summed E-state index contributed by atoms with van der Waals surface area (Å²) in [6.07, 6.45) is 2.14. The molecule has 2 N–H and O–H groups in total. The monoisotopic (exact) mass is 233 g/mol. The van der Waals surface area contributed by atoms with Crippen molar-refractivity contribution in [1.29, 1.82) is 0 Å². The zero-order chi connectivity index (χ0) is 13.1. The average molecular weight is 233 g/mol. The number of hydrogen-bond acceptors (Lipinski definition) is 1. The summed E-state index contributed by atoms with van der Waals surface area (Å²) in [6, 6.07) is 8.90. The summed E-state index contributed by atoms with van der Waals surface area (Å²) in [4.78, 5) is 0. The highest BCUT2D eigenvalue weighted by Gasteiger charge is 2.22. The SMILES string of the molecule is CCc1ccc(C(N)CC(C)C(C)(C)C)cc1. The Kier molecular flexibility index (Phi) is 4.76. The predicted octanol–water partition coefficient (Wildman–Crippen LogP) is 4.32. The molecule has 0 heterocycles. The summed E-state index contributed by atoms with van der Waals surface area (Å²) in [5, 5.41) is 0. The van der Waals surface area contributed by atoms with Crippen molar-refractivity contribution in [3.8, 4) is 0 Å². The molecule has 96 valence electrons. The maximum Gasteiger partial charge on any atom is 0.0297 e. The van der Waals surface area contributed by atoms with E-state index in [-0.39, 0.29) is 6.04 Å². The summed E-state index contributed by atoms with van der Waals surface area (Å²) < 4.78 is 0. The molecule has 0 radical (unpaired) electrons. The fraction of sp³-hybridized carbons (Fsp3) is 0.625. The molecule has 0 bridgehead atoms. The van der Waals surface area contributed by atoms with Gasteiger partial charge in [0, 0.05) is 6.04 Å². The van der Waals surface area contributed by atoms with Crippen LogP contribution in [0, 0.1) is 11.3 Å². The van der Waals surface area contributed by atoms with E-state index >= 15 is 0 Å². The second kappa shape index (κ2) is 5.68. The van der Waals surface area contributed by atoms with Crippen LogP contribution in [-0.4, -0.2) is 0 Å². The lowest BCUT2D eigenvalue weighted by molar-refractivity contribution is 0.234. The number of benzene rings is 1. The second-order valence-electron chi connectivity index (χ2n) is 6.20. The molecule has 1 rings (SSSR count). The molecule has 0 saturated heterocycles. The van der Waals surface area contributed by atoms with Crippen LogP contribution in [0.1, 0.15) is 58.2 Å². The van der Waals surface area contributed by atoms with Crippen molar-refractivity contribution in [3.05, 3.63) is 35.4 Å². The standard InChI is InChI=1S/C16H27N/c1-6-13-7-9-14(10-8-13)15(17)11-12(2)16(3,4)5/h7-10,12,15H,6,11,17H2,1-5H3. The van der Waals surface area contributed by atoms with Gasteiger partial charge in [0.05, 0.1) is 0 Å². The summed E-state index contributed by atoms with van der Waals surface area (Å²) in [7, 11) is 0. The molecule has 17 heavy (non-hydrogen) atoms. The van der Waals surface area contributed by atoms with Crippen molar-refractivity contribution < 1.29 is 0 Å². The molecule has 0 aliphatic heterocycles. The lowest BCUT2D eigenvalue weighted by Crippen LogP contribution is -2.23. The van der Waals surface area contributed by atoms with Gasteiger partial charge in [-0.3, -0.25) is 0 Å². The number of hydrogen-bond donors (Lipinski definition) is 1. The Morgan fingerprint density at radius 1 is 1.12 bits per heavy atom. The van der Waals surface area contributed by atoms with Crippen LogP contribution >= 0.6 is 0 Å². The van der Waals surface area contributed by atoms with Gasteiger partial charge in [-0.25, -0.2) is 0 Å². The first-order chi connectivity index (χ1) is 7.84. The van der Waals surface area contributed by atoms with Crippen molar-refractivity contribution >= 4 is 0 Å². The minimum atomic E-state index is 0.162. The van der Waals surface area contributed by atoms with Crippen molar-refractivity contribution in [3.63, 3.8) is 0 Å². The van der Waals surface area contributed by atoms with Crippen molar-refractivity contribution in [2.24, 2.45) is 17.1 Å². The summed E-state index contributed by atoms with van der Waals surface area (Å²) in [5.41, 5.74) is 9.26. The summed E-state index contributed by atoms with van der Waals surface area (Å²) in [5.74, 6) is 0.628. The topological polar surface area (TPSA) is 26.0 Å². The Morgan fingerprint density at radius 2 is 1.65 bits per heavy atom. The molecule has 2 unspecified atom stereocenters. The minimum absolute atomic E-state index is 0.162. The lowest BCUT2D eigenvalue weighted by Gasteiger charge is -2.29. The van der Waals surface area contributed by atoms with Crippen LogP contribution in [0.15, 0.2) is 24.3 Å². The van der Waals surface area contributed by atoms with Gasteiger partial charge in [0.1, 0.15) is 0 Å². The highest BCUT2D eigenvalue weighted by atomic mass is 14.6. The van der Waals surface area contributed by atoms with Crippen molar-refractivity contribution in [1.82, 2.24) is 0 Å². The normalized spacial score (nSPS) is 15.6. The van der Waals surface area contributed by atoms with Gasteiger partial charge in [0.15, 0.2) is 0 Å². The molecule has 1 nitrogen and oxygen atoms in total. The first-order valence-electron chi connectivity index (χ1n) is 6.69. The Labute approximate surface area is 106 Å². The Balaban J connectivity index is 2.66. The van der Waals surface area contributed by atoms with Gasteiger partial charge in [0.2, 0.25) is 0 Å². The fourth-order valence-electron chi connectivity index (χ4n) is 1.87. The Hall–Kier alpha value is -0.820. The zero-order valence-corrected chi connectivity index (χ0v) is 12.0. The third-order valence-corrected chi connectivity index (χ3v) is 3.90. The van der Waals surface area contributed by atoms with Crippen LogP contribution in [0.4, 0.5) is 0 Å². The molecule has 0 saturated carbocycles. The van der Waals surface area contributed by atoms with Crippen LogP contribution < -0.4 is 5.73 Å². The van der Waals surface area contributed by atoms with Gasteiger partial charge in [-0.15, -0.1) is 0 Å². The van der Waals surface area contributed by atoms with E-state index < -0.39 is 0 Å². The molecule has 1 aromatic carbocycles. The third-order valence-electron chi connectivity index (χ3n) is 3.90. The summed E-state index contributed by atoms with van der Waals surface area (Å²) in [6.45, 7) is 11.3. The van der Waals surface area contributed by atoms with E-state index in [1.807, 2.05) is 0 Å². The van der Waals surface area contributed by atoms with E-state index in [4.69, 9.17) is 5.73 Å². The molecule has 0 amide bonds. The van der Waals surface area contributed by atoms with E-state index in [1.165, 1.54) is 11.1 Å². The smallest absolute Gasteiger partial charge is 0.0297 e. The average Bonchev–Trinajstić information content (AvgIpc) is 2.27. The third kappa shape index (κ3) is 4.16. The maximum absolute atomic E-state index is 6.28. The number of rotatable bonds is 4. The van der Waals surface area contributed by atoms with E-state index in [1.54, 1.807) is 0 Å². The van der Waals surface area contributed by atoms with Crippen molar-refractivity contribution in [2.45, 2.75) is 53.5 Å². The Bertz CT molecular complexity index is 332. The molecule has 1 aromatic rings. The van der Waals surface area contributed by atoms with Gasteiger partial charge in [0.25, 0.3) is 0 Å². The van der Waals surface area contributed by atoms with Crippen molar-refractivity contribution in [2.75, 3.05) is 0 Å². The second-order valence-corrected chi connectivity index (χ2v) is 6.20. The van der Waals surface area contributed by atoms with Gasteiger partial charge in [-0.05, 0) is 35.3 Å². The predicted molar refractivity (Wildman–Crippen MR) is 76.0 cm³/mol. The maximum atomic E-state index is 6.28. The fourth-order valence-corrected chi connectivity index (χ4v) is 1.87. The molecule has 0 fully saturated rings. The highest BCUT2D eigenvalue weighted by molar-refractivity contribution is 5.24. The van der Waals surface area contributed by atoms with E-state index in [0.29, 0.717) is 11.3 Å². The number of nitrogens with two attached hydrogens (primary N) is 1. The van der Waals surface area contributed by atoms with Gasteiger partial charge >= 0.3 is 0 Å². The van der Waals surface area contributed by atoms with Gasteiger partial charge in [-0.1, -0.05) is 58.9 Å². The first-order valence-corrected chi connectivity index (χ1v) is 6.69. The quantitative estimate of drug-likeness (QED) is 0.823. The van der Waals surface area contributed by atoms with E-state index in [2.05, 4.69) is 58.9 Å². The van der Waals surface area contributed by atoms with Crippen LogP contribution in [0.5, 0.6) is 0 Å². The van der Waals surface area contributed by atoms with Gasteiger partial charge < -0.3 is 5.73 Å². The van der Waals surface area contributed by atoms with Crippen LogP contribution in [0.2, 0.25) is 0 Å². The zero-order valence-electron chi connectivity index (χ0n) is 12.0. The lowest BCUT2D eigenvalue weighted by atomic mass is 9.78. The molecule has 2 atom stereocenters. The molecule has 0 aliphatic carbocycles. The molecule has 0 aliphatic rings. The minimum Gasteiger partial charge on any atom is -0.324 e. The number of aryl methyl sites for hydroxylation is 1. The Morgan fingerprint density at radius 3 is 2.06 bits per heavy atom. The molecular weight excluding hydrogens is 206 g/mol. The van der Waals surface area contributed by atoms with Crippen LogP contribution in [-0.2, 0) is 6.42 Å².